The fourth-order valence-electron chi connectivity index (χ4n) is 2.40. The second kappa shape index (κ2) is 9.79. The molecule has 1 aliphatic heterocycles. The van der Waals surface area contributed by atoms with E-state index in [-0.39, 0.29) is 37.0 Å². The molecule has 128 valence electrons. The third-order valence-corrected chi connectivity index (χ3v) is 3.84. The third-order valence-electron chi connectivity index (χ3n) is 3.84. The zero-order valence-corrected chi connectivity index (χ0v) is 13.5. The summed E-state index contributed by atoms with van der Waals surface area (Å²) >= 11 is 0. The first-order chi connectivity index (χ1) is 10.4. The summed E-state index contributed by atoms with van der Waals surface area (Å²) in [6, 6.07) is 0. The molecular weight excluding hydrogens is 288 g/mol. The number of carbonyl (C=O) groups is 2. The van der Waals surface area contributed by atoms with Crippen LogP contribution in [0, 0.1) is 0 Å². The van der Waals surface area contributed by atoms with Gasteiger partial charge in [0, 0.05) is 12.8 Å². The summed E-state index contributed by atoms with van der Waals surface area (Å²) in [5, 5.41) is 19.7. The Hall–Kier alpha value is -1.14. The molecule has 1 aliphatic rings. The van der Waals surface area contributed by atoms with Crippen molar-refractivity contribution >= 4 is 11.9 Å². The van der Waals surface area contributed by atoms with E-state index < -0.39 is 12.2 Å². The molecule has 1 fully saturated rings. The van der Waals surface area contributed by atoms with Crippen LogP contribution in [0.15, 0.2) is 0 Å². The molecule has 0 bridgehead atoms. The molecule has 0 aromatic carbocycles. The monoisotopic (exact) mass is 316 g/mol. The summed E-state index contributed by atoms with van der Waals surface area (Å²) in [5.41, 5.74) is 0. The predicted octanol–water partition coefficient (Wildman–Crippen LogP) is 1.71. The van der Waals surface area contributed by atoms with E-state index in [9.17, 15) is 19.8 Å². The maximum atomic E-state index is 11.7. The smallest absolute Gasteiger partial charge is 0.306 e. The molecule has 1 heterocycles. The van der Waals surface area contributed by atoms with Crippen molar-refractivity contribution in [3.63, 3.8) is 0 Å². The summed E-state index contributed by atoms with van der Waals surface area (Å²) in [5.74, 6) is -0.653. The molecule has 6 nitrogen and oxygen atoms in total. The lowest BCUT2D eigenvalue weighted by Gasteiger charge is -2.19. The molecule has 6 heteroatoms. The summed E-state index contributed by atoms with van der Waals surface area (Å²) in [6.45, 7) is 3.56. The van der Waals surface area contributed by atoms with Crippen LogP contribution in [0.25, 0.3) is 0 Å². The van der Waals surface area contributed by atoms with Crippen molar-refractivity contribution in [1.29, 1.82) is 0 Å². The van der Waals surface area contributed by atoms with Gasteiger partial charge in [-0.1, -0.05) is 0 Å². The number of cyclic esters (lactones) is 2. The van der Waals surface area contributed by atoms with E-state index in [1.807, 2.05) is 0 Å². The highest BCUT2D eigenvalue weighted by Crippen LogP contribution is 2.15. The summed E-state index contributed by atoms with van der Waals surface area (Å²) in [7, 11) is 0. The highest BCUT2D eigenvalue weighted by atomic mass is 16.5. The highest BCUT2D eigenvalue weighted by molar-refractivity contribution is 5.70. The molecule has 4 atom stereocenters. The van der Waals surface area contributed by atoms with Crippen LogP contribution in [0.5, 0.6) is 0 Å². The summed E-state index contributed by atoms with van der Waals surface area (Å²) in [6.07, 6.45) is 1.30. The van der Waals surface area contributed by atoms with E-state index in [1.165, 1.54) is 0 Å². The molecular formula is C16H28O6. The van der Waals surface area contributed by atoms with Gasteiger partial charge in [0.15, 0.2) is 0 Å². The topological polar surface area (TPSA) is 93.1 Å². The van der Waals surface area contributed by atoms with Crippen LogP contribution in [0.1, 0.15) is 65.2 Å². The third kappa shape index (κ3) is 8.34. The molecule has 0 amide bonds. The normalized spacial score (nSPS) is 33.8. The number of esters is 2. The van der Waals surface area contributed by atoms with Crippen LogP contribution in [0.4, 0.5) is 0 Å². The molecule has 0 aromatic rings. The average molecular weight is 316 g/mol. The average Bonchev–Trinajstić information content (AvgIpc) is 2.46. The first kappa shape index (κ1) is 18.9. The molecule has 0 spiro atoms. The van der Waals surface area contributed by atoms with Gasteiger partial charge in [0.1, 0.15) is 0 Å². The van der Waals surface area contributed by atoms with Gasteiger partial charge in [-0.25, -0.2) is 0 Å². The summed E-state index contributed by atoms with van der Waals surface area (Å²) < 4.78 is 10.5. The van der Waals surface area contributed by atoms with Crippen LogP contribution >= 0.6 is 0 Å². The Labute approximate surface area is 131 Å². The first-order valence-electron chi connectivity index (χ1n) is 8.12. The van der Waals surface area contributed by atoms with E-state index >= 15 is 0 Å². The number of aliphatic hydroxyl groups is 2. The minimum Gasteiger partial charge on any atom is -0.463 e. The Balaban J connectivity index is 2.55. The number of carbonyl (C=O) groups excluding carboxylic acids is 2. The van der Waals surface area contributed by atoms with Crippen molar-refractivity contribution in [2.24, 2.45) is 0 Å². The number of aliphatic hydroxyl groups excluding tert-OH is 2. The predicted molar refractivity (Wildman–Crippen MR) is 80.1 cm³/mol. The standard InChI is InChI=1S/C16H28O6/c1-11-3-5-13(17)8-10-16(20)22-12(2)4-6-14(18)7-9-15(19)21-11/h11-14,17-18H,3-10H2,1-2H3. The molecule has 0 saturated carbocycles. The Morgan fingerprint density at radius 2 is 1.09 bits per heavy atom. The van der Waals surface area contributed by atoms with Gasteiger partial charge in [0.25, 0.3) is 0 Å². The van der Waals surface area contributed by atoms with E-state index in [2.05, 4.69) is 0 Å². The van der Waals surface area contributed by atoms with E-state index in [1.54, 1.807) is 13.8 Å². The SMILES string of the molecule is CC1CCC(O)CCC(=O)OC(C)CCC(O)CCC(=O)O1. The van der Waals surface area contributed by atoms with Crippen LogP contribution in [-0.4, -0.2) is 46.6 Å². The fourth-order valence-corrected chi connectivity index (χ4v) is 2.40. The second-order valence-electron chi connectivity index (χ2n) is 6.14. The molecule has 0 aromatic heterocycles. The van der Waals surface area contributed by atoms with E-state index in [0.717, 1.165) is 0 Å². The van der Waals surface area contributed by atoms with Gasteiger partial charge in [-0.3, -0.25) is 9.59 Å². The van der Waals surface area contributed by atoms with Gasteiger partial charge in [0.05, 0.1) is 24.4 Å². The highest BCUT2D eigenvalue weighted by Gasteiger charge is 2.18. The molecule has 2 N–H and O–H groups in total. The van der Waals surface area contributed by atoms with Crippen molar-refractivity contribution < 1.29 is 29.3 Å². The molecule has 0 aliphatic carbocycles. The number of hydrogen-bond donors (Lipinski definition) is 2. The van der Waals surface area contributed by atoms with Crippen LogP contribution in [0.3, 0.4) is 0 Å². The van der Waals surface area contributed by atoms with Gasteiger partial charge in [-0.05, 0) is 52.4 Å². The lowest BCUT2D eigenvalue weighted by atomic mass is 10.1. The van der Waals surface area contributed by atoms with E-state index in [4.69, 9.17) is 9.47 Å². The van der Waals surface area contributed by atoms with Gasteiger partial charge in [-0.15, -0.1) is 0 Å². The minimum atomic E-state index is -0.598. The molecule has 1 saturated heterocycles. The Kier molecular flexibility index (Phi) is 8.42. The van der Waals surface area contributed by atoms with Crippen molar-refractivity contribution in [3.05, 3.63) is 0 Å². The van der Waals surface area contributed by atoms with Crippen molar-refractivity contribution in [1.82, 2.24) is 0 Å². The maximum absolute atomic E-state index is 11.7. The largest absolute Gasteiger partial charge is 0.463 e. The van der Waals surface area contributed by atoms with Crippen molar-refractivity contribution in [2.75, 3.05) is 0 Å². The van der Waals surface area contributed by atoms with Gasteiger partial charge in [0.2, 0.25) is 0 Å². The Bertz CT molecular complexity index is 323. The van der Waals surface area contributed by atoms with Gasteiger partial charge < -0.3 is 19.7 Å². The van der Waals surface area contributed by atoms with Gasteiger partial charge in [-0.2, -0.15) is 0 Å². The molecule has 1 rings (SSSR count). The lowest BCUT2D eigenvalue weighted by molar-refractivity contribution is -0.149. The molecule has 0 radical (unpaired) electrons. The summed E-state index contributed by atoms with van der Waals surface area (Å²) in [4.78, 5) is 23.3. The van der Waals surface area contributed by atoms with Crippen LogP contribution in [-0.2, 0) is 19.1 Å². The number of ether oxygens (including phenoxy) is 2. The lowest BCUT2D eigenvalue weighted by Crippen LogP contribution is -2.22. The molecule has 22 heavy (non-hydrogen) atoms. The Morgan fingerprint density at radius 1 is 0.727 bits per heavy atom. The quantitative estimate of drug-likeness (QED) is 0.661. The Morgan fingerprint density at radius 3 is 1.45 bits per heavy atom. The van der Waals surface area contributed by atoms with Crippen molar-refractivity contribution in [2.45, 2.75) is 89.6 Å². The van der Waals surface area contributed by atoms with Crippen molar-refractivity contribution in [3.8, 4) is 0 Å². The van der Waals surface area contributed by atoms with Crippen LogP contribution < -0.4 is 0 Å². The maximum Gasteiger partial charge on any atom is 0.306 e. The minimum absolute atomic E-state index is 0.169. The molecule has 4 unspecified atom stereocenters. The van der Waals surface area contributed by atoms with Gasteiger partial charge >= 0.3 is 11.9 Å². The van der Waals surface area contributed by atoms with E-state index in [0.29, 0.717) is 38.5 Å². The van der Waals surface area contributed by atoms with Crippen LogP contribution in [0.2, 0.25) is 0 Å². The zero-order valence-electron chi connectivity index (χ0n) is 13.5. The number of hydrogen-bond acceptors (Lipinski definition) is 6. The fraction of sp³-hybridized carbons (Fsp3) is 0.875. The second-order valence-corrected chi connectivity index (χ2v) is 6.14. The first-order valence-corrected chi connectivity index (χ1v) is 8.12. The number of rotatable bonds is 0. The zero-order chi connectivity index (χ0) is 16.5.